The van der Waals surface area contributed by atoms with Crippen LogP contribution < -0.4 is 5.73 Å². The summed E-state index contributed by atoms with van der Waals surface area (Å²) in [6, 6.07) is 0. The highest BCUT2D eigenvalue weighted by Crippen LogP contribution is 2.56. The minimum atomic E-state index is -0.659. The number of carbonyl (C=O) groups is 1. The van der Waals surface area contributed by atoms with E-state index in [4.69, 9.17) is 43.6 Å². The molecular weight excluding hydrogens is 690 g/mol. The molecule has 11 heteroatoms. The summed E-state index contributed by atoms with van der Waals surface area (Å²) in [5, 5.41) is 10.2. The average Bonchev–Trinajstić information content (AvgIpc) is 3.78. The number of carbonyl (C=O) groups excluding carboxylic acids is 1. The van der Waals surface area contributed by atoms with Crippen molar-refractivity contribution in [1.29, 1.82) is 0 Å². The van der Waals surface area contributed by atoms with Gasteiger partial charge in [0.05, 0.1) is 91.6 Å². The number of aliphatic hydroxyl groups excluding tert-OH is 1. The maximum atomic E-state index is 13.6. The molecule has 8 saturated heterocycles. The molecule has 8 aliphatic rings. The molecule has 0 saturated carbocycles. The molecule has 19 atom stereocenters. The van der Waals surface area contributed by atoms with Crippen LogP contribution in [0.15, 0.2) is 24.3 Å². The van der Waals surface area contributed by atoms with Crippen molar-refractivity contribution in [2.24, 2.45) is 29.4 Å². The lowest BCUT2D eigenvalue weighted by atomic mass is 9.69. The Hall–Kier alpha value is -1.25. The number of nitrogens with two attached hydrogens (primary N) is 1. The van der Waals surface area contributed by atoms with Crippen LogP contribution in [-0.4, -0.2) is 122 Å². The van der Waals surface area contributed by atoms with Crippen LogP contribution >= 0.6 is 0 Å². The molecule has 1 unspecified atom stereocenters. The van der Waals surface area contributed by atoms with Crippen LogP contribution in [-0.2, 0) is 42.7 Å². The summed E-state index contributed by atoms with van der Waals surface area (Å²) in [7, 11) is 1.65. The predicted octanol–water partition coefficient (Wildman–Crippen LogP) is 4.99. The molecule has 8 heterocycles. The molecule has 8 aliphatic heterocycles. The zero-order valence-electron chi connectivity index (χ0n) is 33.1. The van der Waals surface area contributed by atoms with Crippen molar-refractivity contribution >= 4 is 5.78 Å². The Morgan fingerprint density at radius 3 is 2.56 bits per heavy atom. The Bertz CT molecular complexity index is 1360. The zero-order valence-corrected chi connectivity index (χ0v) is 33.1. The lowest BCUT2D eigenvalue weighted by molar-refractivity contribution is -0.284. The van der Waals surface area contributed by atoms with Crippen molar-refractivity contribution in [3.8, 4) is 0 Å². The first-order valence-electron chi connectivity index (χ1n) is 21.3. The third-order valence-electron chi connectivity index (χ3n) is 14.8. The summed E-state index contributed by atoms with van der Waals surface area (Å²) in [5.74, 6) is 1.06. The quantitative estimate of drug-likeness (QED) is 0.232. The van der Waals surface area contributed by atoms with Gasteiger partial charge in [-0.2, -0.15) is 0 Å². The normalized spacial score (nSPS) is 48.9. The average molecular weight is 758 g/mol. The molecule has 0 aromatic rings. The molecule has 8 rings (SSSR count). The molecule has 0 aromatic carbocycles. The Labute approximate surface area is 322 Å². The molecule has 0 amide bonds. The molecule has 54 heavy (non-hydrogen) atoms. The van der Waals surface area contributed by atoms with Gasteiger partial charge in [0.2, 0.25) is 0 Å². The summed E-state index contributed by atoms with van der Waals surface area (Å²) in [5.41, 5.74) is 7.82. The molecular formula is C43H67NO10. The second kappa shape index (κ2) is 16.2. The van der Waals surface area contributed by atoms with E-state index in [-0.39, 0.29) is 109 Å². The highest BCUT2D eigenvalue weighted by Gasteiger charge is 2.64. The van der Waals surface area contributed by atoms with E-state index in [9.17, 15) is 9.90 Å². The predicted molar refractivity (Wildman–Crippen MR) is 201 cm³/mol. The van der Waals surface area contributed by atoms with Gasteiger partial charge < -0.3 is 48.7 Å². The first kappa shape index (κ1) is 39.6. The van der Waals surface area contributed by atoms with Crippen LogP contribution in [0.4, 0.5) is 0 Å². The van der Waals surface area contributed by atoms with Gasteiger partial charge in [0.25, 0.3) is 0 Å². The van der Waals surface area contributed by atoms with Crippen LogP contribution in [0.5, 0.6) is 0 Å². The van der Waals surface area contributed by atoms with Crippen LogP contribution in [0.3, 0.4) is 0 Å². The van der Waals surface area contributed by atoms with Crippen LogP contribution in [0.2, 0.25) is 0 Å². The van der Waals surface area contributed by atoms with E-state index in [2.05, 4.69) is 27.0 Å². The maximum Gasteiger partial charge on any atom is 0.135 e. The van der Waals surface area contributed by atoms with Crippen molar-refractivity contribution in [3.05, 3.63) is 24.3 Å². The van der Waals surface area contributed by atoms with Gasteiger partial charge in [-0.3, -0.25) is 4.79 Å². The van der Waals surface area contributed by atoms with Crippen LogP contribution in [0, 0.1) is 23.7 Å². The standard InChI is InChI=1S/C43H67NO10/c1-22-13-30(49-25(4)24(22)3)7-9-35-23(2)14-32(51-35)11-12-43-18-27-21-48-41-34(19-43)40-36(53-42(41)38(27)54-43)10-8-31(52-40)15-28(45)16-33-26(5)50-37(39(33)47-6)17-29(46)20-44/h22,25-27,29-42,46H,2-3,7-21,44H2,1,4-6H3/t22-,25-,26+,27-,29+,30+,31-,32+,33+,34+,35+,36+,37-,38+,39-,40-,41+,42?,43-/m1/s1. The summed E-state index contributed by atoms with van der Waals surface area (Å²) in [6.07, 6.45) is 9.22. The van der Waals surface area contributed by atoms with Crippen molar-refractivity contribution in [1.82, 2.24) is 0 Å². The van der Waals surface area contributed by atoms with Gasteiger partial charge in [0.1, 0.15) is 11.9 Å². The Kier molecular flexibility index (Phi) is 11.9. The molecule has 0 aliphatic carbocycles. The third kappa shape index (κ3) is 7.82. The molecule has 11 nitrogen and oxygen atoms in total. The minimum Gasteiger partial charge on any atom is -0.392 e. The largest absolute Gasteiger partial charge is 0.392 e. The Morgan fingerprint density at radius 1 is 0.944 bits per heavy atom. The number of ketones is 1. The van der Waals surface area contributed by atoms with Gasteiger partial charge in [-0.05, 0) is 95.1 Å². The van der Waals surface area contributed by atoms with E-state index >= 15 is 0 Å². The van der Waals surface area contributed by atoms with Gasteiger partial charge in [-0.25, -0.2) is 0 Å². The summed E-state index contributed by atoms with van der Waals surface area (Å²) in [4.78, 5) is 13.6. The monoisotopic (exact) mass is 757 g/mol. The van der Waals surface area contributed by atoms with Gasteiger partial charge in [0.15, 0.2) is 0 Å². The molecule has 0 radical (unpaired) electrons. The highest BCUT2D eigenvalue weighted by atomic mass is 16.6. The molecule has 8 fully saturated rings. The Morgan fingerprint density at radius 2 is 1.78 bits per heavy atom. The number of fused-ring (bicyclic) bond motifs is 3. The number of hydrogen-bond acceptors (Lipinski definition) is 11. The SMILES string of the molecule is C=C1C[C@H](CC[C@@]23C[C@@H]4CO[C@@H]5C(O[C@H]6CC[C@H](CC(=O)C[C@@H]7[C@@H](OC)[C@@H](C[C@H](O)CN)O[C@H]7C)O[C@@H]6[C@@H]5C2)[C@H]4O3)O[C@H]1CC[C@H]1C[C@@H](C)C(=C)[C@@H](C)O1. The lowest BCUT2D eigenvalue weighted by Crippen LogP contribution is -2.64. The summed E-state index contributed by atoms with van der Waals surface area (Å²) >= 11 is 0. The second-order valence-corrected chi connectivity index (χ2v) is 18.5. The van der Waals surface area contributed by atoms with E-state index < -0.39 is 6.10 Å². The topological polar surface area (TPSA) is 137 Å². The fourth-order valence-corrected chi connectivity index (χ4v) is 11.9. The fourth-order valence-electron chi connectivity index (χ4n) is 11.9. The smallest absolute Gasteiger partial charge is 0.135 e. The van der Waals surface area contributed by atoms with Crippen molar-refractivity contribution < 1.29 is 47.8 Å². The van der Waals surface area contributed by atoms with Crippen molar-refractivity contribution in [3.63, 3.8) is 0 Å². The third-order valence-corrected chi connectivity index (χ3v) is 14.8. The second-order valence-electron chi connectivity index (χ2n) is 18.5. The molecule has 0 aromatic heterocycles. The van der Waals surface area contributed by atoms with Gasteiger partial charge in [-0.1, -0.05) is 20.1 Å². The van der Waals surface area contributed by atoms with E-state index in [1.807, 2.05) is 6.92 Å². The van der Waals surface area contributed by atoms with E-state index in [0.717, 1.165) is 64.2 Å². The van der Waals surface area contributed by atoms with Gasteiger partial charge in [0, 0.05) is 50.7 Å². The van der Waals surface area contributed by atoms with Crippen LogP contribution in [0.1, 0.15) is 104 Å². The molecule has 5 bridgehead atoms. The van der Waals surface area contributed by atoms with Gasteiger partial charge >= 0.3 is 0 Å². The van der Waals surface area contributed by atoms with Crippen molar-refractivity contribution in [2.75, 3.05) is 20.3 Å². The summed E-state index contributed by atoms with van der Waals surface area (Å²) < 4.78 is 52.3. The van der Waals surface area contributed by atoms with Gasteiger partial charge in [-0.15, -0.1) is 0 Å². The number of hydrogen-bond donors (Lipinski definition) is 2. The first-order chi connectivity index (χ1) is 25.9. The van der Waals surface area contributed by atoms with Crippen molar-refractivity contribution in [2.45, 2.75) is 195 Å². The minimum absolute atomic E-state index is 0.0137. The molecule has 304 valence electrons. The summed E-state index contributed by atoms with van der Waals surface area (Å²) in [6.45, 7) is 15.9. The van der Waals surface area contributed by atoms with E-state index in [1.54, 1.807) is 7.11 Å². The molecule has 0 spiro atoms. The van der Waals surface area contributed by atoms with Crippen LogP contribution in [0.25, 0.3) is 0 Å². The number of aliphatic hydroxyl groups is 1. The lowest BCUT2D eigenvalue weighted by Gasteiger charge is -2.53. The fraction of sp³-hybridized carbons (Fsp3) is 0.884. The van der Waals surface area contributed by atoms with E-state index in [0.29, 0.717) is 37.7 Å². The zero-order chi connectivity index (χ0) is 37.9. The number of rotatable bonds is 14. The maximum absolute atomic E-state index is 13.6. The first-order valence-corrected chi connectivity index (χ1v) is 21.3. The number of Topliss-reactive ketones (excluding diaryl/α,β-unsaturated/α-hetero) is 1. The highest BCUT2D eigenvalue weighted by molar-refractivity contribution is 5.79. The number of methoxy groups -OCH3 is 1. The van der Waals surface area contributed by atoms with E-state index in [1.165, 1.54) is 11.1 Å². The molecule has 3 N–H and O–H groups in total. The Balaban J connectivity index is 0.870. The number of ether oxygens (including phenoxy) is 8.